The Kier molecular flexibility index (Phi) is 5.31. The van der Waals surface area contributed by atoms with E-state index in [1.165, 1.54) is 13.2 Å². The van der Waals surface area contributed by atoms with Crippen molar-refractivity contribution in [2.45, 2.75) is 26.1 Å². The maximum absolute atomic E-state index is 14.0. The Bertz CT molecular complexity index is 601. The average molecular weight is 289 g/mol. The summed E-state index contributed by atoms with van der Waals surface area (Å²) in [6.45, 7) is 2.55. The lowest BCUT2D eigenvalue weighted by atomic mass is 10.1. The van der Waals surface area contributed by atoms with Crippen LogP contribution < -0.4 is 10.1 Å². The van der Waals surface area contributed by atoms with Gasteiger partial charge in [0.25, 0.3) is 0 Å². The van der Waals surface area contributed by atoms with Gasteiger partial charge in [-0.2, -0.15) is 0 Å². The van der Waals surface area contributed by atoms with Crippen LogP contribution in [0.2, 0.25) is 0 Å². The molecule has 112 valence electrons. The number of aliphatic hydroxyl groups excluding tert-OH is 1. The van der Waals surface area contributed by atoms with Crippen molar-refractivity contribution >= 4 is 0 Å². The molecule has 0 saturated carbocycles. The smallest absolute Gasteiger partial charge is 0.131 e. The van der Waals surface area contributed by atoms with E-state index in [9.17, 15) is 4.39 Å². The van der Waals surface area contributed by atoms with Crippen molar-refractivity contribution in [1.29, 1.82) is 0 Å². The zero-order chi connectivity index (χ0) is 15.2. The third-order valence-corrected chi connectivity index (χ3v) is 3.46. The largest absolute Gasteiger partial charge is 0.497 e. The van der Waals surface area contributed by atoms with Crippen molar-refractivity contribution in [3.05, 3.63) is 65.0 Å². The number of aliphatic hydroxyl groups is 1. The molecular formula is C17H20FNO2. The van der Waals surface area contributed by atoms with E-state index in [-0.39, 0.29) is 18.5 Å². The first-order valence-electron chi connectivity index (χ1n) is 6.89. The second kappa shape index (κ2) is 7.20. The molecule has 0 aliphatic heterocycles. The minimum atomic E-state index is -0.279. The molecule has 2 rings (SSSR count). The Morgan fingerprint density at radius 2 is 1.95 bits per heavy atom. The fourth-order valence-electron chi connectivity index (χ4n) is 2.20. The summed E-state index contributed by atoms with van der Waals surface area (Å²) in [6.07, 6.45) is 0. The standard InChI is InChI=1S/C17H20FNO2/c1-12(16-7-6-15(21-2)9-17(16)18)19-10-13-4-3-5-14(8-13)11-20/h3-9,12,19-20H,10-11H2,1-2H3. The zero-order valence-electron chi connectivity index (χ0n) is 12.3. The van der Waals surface area contributed by atoms with Crippen molar-refractivity contribution < 1.29 is 14.2 Å². The molecule has 2 aromatic carbocycles. The van der Waals surface area contributed by atoms with Crippen LogP contribution in [0.3, 0.4) is 0 Å². The highest BCUT2D eigenvalue weighted by Crippen LogP contribution is 2.22. The number of methoxy groups -OCH3 is 1. The number of halogens is 1. The lowest BCUT2D eigenvalue weighted by molar-refractivity contribution is 0.281. The summed E-state index contributed by atoms with van der Waals surface area (Å²) in [7, 11) is 1.52. The van der Waals surface area contributed by atoms with Gasteiger partial charge < -0.3 is 15.2 Å². The molecule has 0 spiro atoms. The van der Waals surface area contributed by atoms with Gasteiger partial charge in [0, 0.05) is 24.2 Å². The van der Waals surface area contributed by atoms with Crippen LogP contribution in [0.5, 0.6) is 5.75 Å². The highest BCUT2D eigenvalue weighted by atomic mass is 19.1. The van der Waals surface area contributed by atoms with Crippen molar-refractivity contribution in [3.63, 3.8) is 0 Å². The molecule has 0 bridgehead atoms. The van der Waals surface area contributed by atoms with Gasteiger partial charge in [-0.25, -0.2) is 4.39 Å². The summed E-state index contributed by atoms with van der Waals surface area (Å²) in [5.41, 5.74) is 2.54. The molecule has 0 saturated heterocycles. The van der Waals surface area contributed by atoms with E-state index in [0.29, 0.717) is 17.9 Å². The number of rotatable bonds is 6. The van der Waals surface area contributed by atoms with Gasteiger partial charge in [-0.15, -0.1) is 0 Å². The van der Waals surface area contributed by atoms with Crippen LogP contribution in [0.4, 0.5) is 4.39 Å². The van der Waals surface area contributed by atoms with Crippen LogP contribution in [0.1, 0.15) is 29.7 Å². The lowest BCUT2D eigenvalue weighted by Gasteiger charge is -2.16. The minimum absolute atomic E-state index is 0.0243. The SMILES string of the molecule is COc1ccc(C(C)NCc2cccc(CO)c2)c(F)c1. The van der Waals surface area contributed by atoms with Gasteiger partial charge in [0.1, 0.15) is 11.6 Å². The number of benzene rings is 2. The molecule has 0 aromatic heterocycles. The number of nitrogens with one attached hydrogen (secondary N) is 1. The summed E-state index contributed by atoms with van der Waals surface area (Å²) >= 11 is 0. The van der Waals surface area contributed by atoms with E-state index < -0.39 is 0 Å². The molecular weight excluding hydrogens is 269 g/mol. The van der Waals surface area contributed by atoms with E-state index in [1.54, 1.807) is 12.1 Å². The molecule has 3 nitrogen and oxygen atoms in total. The monoisotopic (exact) mass is 289 g/mol. The molecule has 0 radical (unpaired) electrons. The van der Waals surface area contributed by atoms with Crippen LogP contribution >= 0.6 is 0 Å². The quantitative estimate of drug-likeness (QED) is 0.858. The molecule has 21 heavy (non-hydrogen) atoms. The average Bonchev–Trinajstić information content (AvgIpc) is 2.52. The van der Waals surface area contributed by atoms with E-state index >= 15 is 0 Å². The third kappa shape index (κ3) is 4.03. The van der Waals surface area contributed by atoms with E-state index in [4.69, 9.17) is 9.84 Å². The summed E-state index contributed by atoms with van der Waals surface area (Å²) in [5, 5.41) is 12.4. The normalized spacial score (nSPS) is 12.2. The zero-order valence-corrected chi connectivity index (χ0v) is 12.3. The van der Waals surface area contributed by atoms with Crippen LogP contribution in [-0.2, 0) is 13.2 Å². The van der Waals surface area contributed by atoms with Crippen LogP contribution in [-0.4, -0.2) is 12.2 Å². The minimum Gasteiger partial charge on any atom is -0.497 e. The summed E-state index contributed by atoms with van der Waals surface area (Å²) in [4.78, 5) is 0. The summed E-state index contributed by atoms with van der Waals surface area (Å²) < 4.78 is 19.0. The highest BCUT2D eigenvalue weighted by molar-refractivity contribution is 5.31. The molecule has 0 fully saturated rings. The maximum Gasteiger partial charge on any atom is 0.131 e. The molecule has 2 aromatic rings. The van der Waals surface area contributed by atoms with E-state index in [2.05, 4.69) is 5.32 Å². The van der Waals surface area contributed by atoms with Crippen molar-refractivity contribution in [1.82, 2.24) is 5.32 Å². The lowest BCUT2D eigenvalue weighted by Crippen LogP contribution is -2.19. The van der Waals surface area contributed by atoms with Crippen LogP contribution in [0, 0.1) is 5.82 Å². The number of hydrogen-bond acceptors (Lipinski definition) is 3. The molecule has 0 aliphatic rings. The molecule has 0 heterocycles. The van der Waals surface area contributed by atoms with Gasteiger partial charge in [-0.3, -0.25) is 0 Å². The van der Waals surface area contributed by atoms with Crippen molar-refractivity contribution in [2.75, 3.05) is 7.11 Å². The topological polar surface area (TPSA) is 41.5 Å². The highest BCUT2D eigenvalue weighted by Gasteiger charge is 2.11. The number of ether oxygens (including phenoxy) is 1. The van der Waals surface area contributed by atoms with E-state index in [0.717, 1.165) is 11.1 Å². The Morgan fingerprint density at radius 1 is 1.19 bits per heavy atom. The Labute approximate surface area is 124 Å². The first kappa shape index (κ1) is 15.5. The second-order valence-electron chi connectivity index (χ2n) is 4.97. The van der Waals surface area contributed by atoms with Gasteiger partial charge >= 0.3 is 0 Å². The third-order valence-electron chi connectivity index (χ3n) is 3.46. The Balaban J connectivity index is 2.02. The predicted molar refractivity (Wildman–Crippen MR) is 80.6 cm³/mol. The van der Waals surface area contributed by atoms with Gasteiger partial charge in [-0.1, -0.05) is 30.3 Å². The Morgan fingerprint density at radius 3 is 2.62 bits per heavy atom. The molecule has 0 aliphatic carbocycles. The second-order valence-corrected chi connectivity index (χ2v) is 4.97. The predicted octanol–water partition coefficient (Wildman–Crippen LogP) is 3.18. The molecule has 0 amide bonds. The first-order chi connectivity index (χ1) is 10.1. The molecule has 2 N–H and O–H groups in total. The first-order valence-corrected chi connectivity index (χ1v) is 6.89. The van der Waals surface area contributed by atoms with Gasteiger partial charge in [0.2, 0.25) is 0 Å². The van der Waals surface area contributed by atoms with Crippen LogP contribution in [0.25, 0.3) is 0 Å². The van der Waals surface area contributed by atoms with Gasteiger partial charge in [0.05, 0.1) is 13.7 Å². The van der Waals surface area contributed by atoms with Crippen LogP contribution in [0.15, 0.2) is 42.5 Å². The summed E-state index contributed by atoms with van der Waals surface area (Å²) in [5.74, 6) is 0.234. The fraction of sp³-hybridized carbons (Fsp3) is 0.294. The maximum atomic E-state index is 14.0. The molecule has 1 unspecified atom stereocenters. The molecule has 1 atom stereocenters. The summed E-state index contributed by atoms with van der Waals surface area (Å²) in [6, 6.07) is 12.4. The Hall–Kier alpha value is -1.91. The number of hydrogen-bond donors (Lipinski definition) is 2. The van der Waals surface area contributed by atoms with Gasteiger partial charge in [-0.05, 0) is 24.1 Å². The molecule has 4 heteroatoms. The fourth-order valence-corrected chi connectivity index (χ4v) is 2.20. The van der Waals surface area contributed by atoms with Gasteiger partial charge in [0.15, 0.2) is 0 Å². The van der Waals surface area contributed by atoms with Crippen molar-refractivity contribution in [3.8, 4) is 5.75 Å². The van der Waals surface area contributed by atoms with E-state index in [1.807, 2.05) is 31.2 Å². The van der Waals surface area contributed by atoms with Crippen molar-refractivity contribution in [2.24, 2.45) is 0 Å².